The van der Waals surface area contributed by atoms with Crippen molar-refractivity contribution in [3.05, 3.63) is 0 Å². The second kappa shape index (κ2) is 3.18. The molecule has 0 radical (unpaired) electrons. The Morgan fingerprint density at radius 2 is 1.90 bits per heavy atom. The molecule has 1 aliphatic carbocycles. The molecule has 0 aromatic carbocycles. The number of hydrogen-bond acceptors (Lipinski definition) is 10. The normalized spacial score (nSPS) is 66.8. The van der Waals surface area contributed by atoms with E-state index >= 15 is 0 Å². The SMILES string of the molecule is NC1=NC(O)C2C3OC4(O)OC([C@@H](O)[C@@]2(N1)[C@@H]4O)[C@]31CO1. The van der Waals surface area contributed by atoms with Crippen molar-refractivity contribution in [1.29, 1.82) is 0 Å². The molecule has 5 aliphatic heterocycles. The van der Waals surface area contributed by atoms with E-state index in [-0.39, 0.29) is 12.6 Å². The van der Waals surface area contributed by atoms with Crippen LogP contribution in [0.2, 0.25) is 0 Å². The Labute approximate surface area is 118 Å². The molecule has 5 heterocycles. The monoisotopic (exact) mass is 301 g/mol. The predicted molar refractivity (Wildman–Crippen MR) is 62.4 cm³/mol. The third-order valence-corrected chi connectivity index (χ3v) is 5.42. The fraction of sp³-hybridized carbons (Fsp3) is 0.909. The second-order valence-corrected chi connectivity index (χ2v) is 6.31. The summed E-state index contributed by atoms with van der Waals surface area (Å²) in [4.78, 5) is 3.83. The Kier molecular flexibility index (Phi) is 1.89. The average Bonchev–Trinajstić information content (AvgIpc) is 3.18. The first kappa shape index (κ1) is 12.5. The molecule has 5 fully saturated rings. The minimum Gasteiger partial charge on any atom is -0.388 e. The minimum atomic E-state index is -2.29. The molecule has 0 aromatic rings. The van der Waals surface area contributed by atoms with Gasteiger partial charge in [-0.3, -0.25) is 0 Å². The Balaban J connectivity index is 1.75. The molecule has 10 heteroatoms. The number of aliphatic hydroxyl groups is 4. The summed E-state index contributed by atoms with van der Waals surface area (Å²) in [5.74, 6) is -3.25. The lowest BCUT2D eigenvalue weighted by Crippen LogP contribution is -2.93. The van der Waals surface area contributed by atoms with Gasteiger partial charge < -0.3 is 45.7 Å². The zero-order valence-electron chi connectivity index (χ0n) is 10.7. The standard InChI is InChI=1S/C11H15N3O7/c12-8-13-6(16)2-4-9(1-19-9)5-3(15)10(2,14-8)7(17)11(18,20-4)21-5/h2-7,15-18H,1H2,(H3,12,13,14)/t2?,3-,4?,5?,6?,7+,9+,10-,11?/m1/s1. The number of aliphatic hydroxyl groups excluding tert-OH is 3. The van der Waals surface area contributed by atoms with Gasteiger partial charge in [-0.2, -0.15) is 0 Å². The summed E-state index contributed by atoms with van der Waals surface area (Å²) < 4.78 is 16.2. The van der Waals surface area contributed by atoms with E-state index in [9.17, 15) is 20.4 Å². The number of rotatable bonds is 0. The van der Waals surface area contributed by atoms with Crippen LogP contribution in [0.4, 0.5) is 0 Å². The molecule has 10 nitrogen and oxygen atoms in total. The Morgan fingerprint density at radius 1 is 1.24 bits per heavy atom. The quantitative estimate of drug-likeness (QED) is 0.242. The van der Waals surface area contributed by atoms with Crippen molar-refractivity contribution in [1.82, 2.24) is 5.32 Å². The van der Waals surface area contributed by atoms with Gasteiger partial charge in [0.15, 0.2) is 18.3 Å². The first-order chi connectivity index (χ1) is 9.85. The lowest BCUT2D eigenvalue weighted by Gasteiger charge is -2.69. The van der Waals surface area contributed by atoms with E-state index in [0.29, 0.717) is 0 Å². The van der Waals surface area contributed by atoms with Gasteiger partial charge in [0.05, 0.1) is 12.5 Å². The van der Waals surface area contributed by atoms with Crippen LogP contribution in [0, 0.1) is 5.92 Å². The van der Waals surface area contributed by atoms with Crippen LogP contribution in [0.5, 0.6) is 0 Å². The molecule has 6 rings (SSSR count). The van der Waals surface area contributed by atoms with E-state index in [2.05, 4.69) is 10.3 Å². The summed E-state index contributed by atoms with van der Waals surface area (Å²) in [6.45, 7) is 0.268. The van der Waals surface area contributed by atoms with Gasteiger partial charge in [-0.1, -0.05) is 0 Å². The molecule has 9 atom stereocenters. The van der Waals surface area contributed by atoms with E-state index in [0.717, 1.165) is 0 Å². The lowest BCUT2D eigenvalue weighted by atomic mass is 9.56. The summed E-state index contributed by atoms with van der Waals surface area (Å²) in [5, 5.41) is 44.6. The molecule has 4 bridgehead atoms. The van der Waals surface area contributed by atoms with Crippen molar-refractivity contribution in [2.24, 2.45) is 16.6 Å². The summed E-state index contributed by atoms with van der Waals surface area (Å²) in [6.07, 6.45) is -5.90. The van der Waals surface area contributed by atoms with Gasteiger partial charge in [-0.25, -0.2) is 4.99 Å². The highest BCUT2D eigenvalue weighted by Crippen LogP contribution is 2.62. The van der Waals surface area contributed by atoms with E-state index in [4.69, 9.17) is 19.9 Å². The number of nitrogens with zero attached hydrogens (tertiary/aromatic N) is 1. The van der Waals surface area contributed by atoms with Crippen LogP contribution in [-0.2, 0) is 14.2 Å². The van der Waals surface area contributed by atoms with Gasteiger partial charge in [-0.15, -0.1) is 0 Å². The van der Waals surface area contributed by atoms with Gasteiger partial charge in [0, 0.05) is 0 Å². The number of ether oxygens (including phenoxy) is 3. The summed E-state index contributed by atoms with van der Waals surface area (Å²) in [6, 6.07) is 0. The molecule has 2 spiro atoms. The number of guanidine groups is 1. The van der Waals surface area contributed by atoms with Crippen molar-refractivity contribution < 1.29 is 34.6 Å². The lowest BCUT2D eigenvalue weighted by molar-refractivity contribution is -0.529. The number of epoxide rings is 1. The molecular formula is C11H15N3O7. The van der Waals surface area contributed by atoms with Crippen LogP contribution in [0.25, 0.3) is 0 Å². The maximum Gasteiger partial charge on any atom is 0.311 e. The largest absolute Gasteiger partial charge is 0.388 e. The smallest absolute Gasteiger partial charge is 0.311 e. The zero-order valence-corrected chi connectivity index (χ0v) is 10.7. The number of aliphatic imine (C=N–C) groups is 1. The first-order valence-corrected chi connectivity index (χ1v) is 6.73. The topological polar surface area (TPSA) is 162 Å². The Morgan fingerprint density at radius 3 is 2.57 bits per heavy atom. The number of hydrogen-bond donors (Lipinski definition) is 6. The summed E-state index contributed by atoms with van der Waals surface area (Å²) in [7, 11) is 0. The van der Waals surface area contributed by atoms with E-state index in [1.807, 2.05) is 0 Å². The third-order valence-electron chi connectivity index (χ3n) is 5.42. The van der Waals surface area contributed by atoms with Crippen molar-refractivity contribution in [3.63, 3.8) is 0 Å². The van der Waals surface area contributed by atoms with Gasteiger partial charge in [0.25, 0.3) is 0 Å². The van der Waals surface area contributed by atoms with Gasteiger partial charge in [0.1, 0.15) is 29.5 Å². The predicted octanol–water partition coefficient (Wildman–Crippen LogP) is -4.47. The zero-order chi connectivity index (χ0) is 14.8. The average molecular weight is 301 g/mol. The van der Waals surface area contributed by atoms with Gasteiger partial charge in [-0.05, 0) is 0 Å². The molecule has 7 N–H and O–H groups in total. The highest BCUT2D eigenvalue weighted by Gasteiger charge is 2.86. The molecule has 116 valence electrons. The fourth-order valence-electron chi connectivity index (χ4n) is 4.45. The first-order valence-electron chi connectivity index (χ1n) is 6.73. The van der Waals surface area contributed by atoms with Gasteiger partial charge >= 0.3 is 5.97 Å². The van der Waals surface area contributed by atoms with Crippen LogP contribution in [-0.4, -0.2) is 80.7 Å². The molecule has 6 aliphatic rings. The van der Waals surface area contributed by atoms with E-state index in [1.165, 1.54) is 0 Å². The molecule has 21 heavy (non-hydrogen) atoms. The molecule has 0 aromatic heterocycles. The summed E-state index contributed by atoms with van der Waals surface area (Å²) >= 11 is 0. The molecule has 4 saturated heterocycles. The maximum absolute atomic E-state index is 10.7. The third kappa shape index (κ3) is 1.09. The van der Waals surface area contributed by atoms with Crippen molar-refractivity contribution in [2.75, 3.05) is 6.61 Å². The van der Waals surface area contributed by atoms with Crippen LogP contribution in [0.3, 0.4) is 0 Å². The molecular weight excluding hydrogens is 286 g/mol. The van der Waals surface area contributed by atoms with Crippen LogP contribution < -0.4 is 11.1 Å². The molecule has 0 amide bonds. The number of nitrogens with two attached hydrogens (primary N) is 1. The molecule has 5 unspecified atom stereocenters. The molecule has 1 saturated carbocycles. The fourth-order valence-corrected chi connectivity index (χ4v) is 4.45. The van der Waals surface area contributed by atoms with Crippen LogP contribution in [0.1, 0.15) is 0 Å². The highest BCUT2D eigenvalue weighted by molar-refractivity contribution is 5.80. The second-order valence-electron chi connectivity index (χ2n) is 6.31. The maximum atomic E-state index is 10.7. The van der Waals surface area contributed by atoms with Crippen LogP contribution >= 0.6 is 0 Å². The van der Waals surface area contributed by atoms with Gasteiger partial charge in [0.2, 0.25) is 0 Å². The van der Waals surface area contributed by atoms with E-state index < -0.39 is 53.7 Å². The van der Waals surface area contributed by atoms with Crippen molar-refractivity contribution in [2.45, 2.75) is 47.8 Å². The highest BCUT2D eigenvalue weighted by atomic mass is 16.9. The van der Waals surface area contributed by atoms with Crippen LogP contribution in [0.15, 0.2) is 4.99 Å². The Bertz CT molecular complexity index is 568. The minimum absolute atomic E-state index is 0.131. The van der Waals surface area contributed by atoms with E-state index in [1.54, 1.807) is 0 Å². The number of nitrogens with one attached hydrogen (secondary N) is 1. The van der Waals surface area contributed by atoms with Crippen molar-refractivity contribution >= 4 is 5.96 Å². The summed E-state index contributed by atoms with van der Waals surface area (Å²) in [5.41, 5.74) is 3.18. The Hall–Kier alpha value is -1.01. The van der Waals surface area contributed by atoms with Crippen molar-refractivity contribution in [3.8, 4) is 0 Å².